The summed E-state index contributed by atoms with van der Waals surface area (Å²) in [5.74, 6) is 3.69. The highest BCUT2D eigenvalue weighted by molar-refractivity contribution is 5.31. The van der Waals surface area contributed by atoms with E-state index in [0.29, 0.717) is 11.8 Å². The van der Waals surface area contributed by atoms with E-state index < -0.39 is 0 Å². The molecular weight excluding hydrogens is 260 g/mol. The zero-order valence-electron chi connectivity index (χ0n) is 13.9. The monoisotopic (exact) mass is 290 g/mol. The Morgan fingerprint density at radius 3 is 2.86 bits per heavy atom. The van der Waals surface area contributed by atoms with Crippen molar-refractivity contribution in [1.82, 2.24) is 10.3 Å². The highest BCUT2D eigenvalue weighted by atomic mass is 16.5. The van der Waals surface area contributed by atoms with Crippen molar-refractivity contribution in [3.05, 3.63) is 24.0 Å². The number of nitrogens with zero attached hydrogens (tertiary/aromatic N) is 1. The minimum Gasteiger partial charge on any atom is -0.495 e. The van der Waals surface area contributed by atoms with Gasteiger partial charge in [0.05, 0.1) is 12.8 Å². The minimum atomic E-state index is 0.515. The Hall–Kier alpha value is -1.09. The van der Waals surface area contributed by atoms with Gasteiger partial charge in [-0.05, 0) is 62.2 Å². The molecule has 1 aromatic heterocycles. The van der Waals surface area contributed by atoms with E-state index in [1.165, 1.54) is 19.3 Å². The predicted molar refractivity (Wildman–Crippen MR) is 87.7 cm³/mol. The zero-order valence-corrected chi connectivity index (χ0v) is 13.9. The molecule has 1 aliphatic rings. The quantitative estimate of drug-likeness (QED) is 0.864. The summed E-state index contributed by atoms with van der Waals surface area (Å²) < 4.78 is 5.56. The third kappa shape index (κ3) is 3.97. The number of aromatic nitrogens is 1. The van der Waals surface area contributed by atoms with Crippen LogP contribution in [0.15, 0.2) is 18.3 Å². The van der Waals surface area contributed by atoms with Crippen LogP contribution in [0.5, 0.6) is 5.75 Å². The van der Waals surface area contributed by atoms with Crippen LogP contribution in [0.2, 0.25) is 0 Å². The van der Waals surface area contributed by atoms with Gasteiger partial charge in [-0.15, -0.1) is 0 Å². The summed E-state index contributed by atoms with van der Waals surface area (Å²) in [5, 5.41) is 3.53. The van der Waals surface area contributed by atoms with Crippen LogP contribution in [0.1, 0.15) is 51.6 Å². The lowest BCUT2D eigenvalue weighted by Gasteiger charge is -2.38. The van der Waals surface area contributed by atoms with Crippen LogP contribution in [0.4, 0.5) is 0 Å². The Balaban J connectivity index is 2.23. The smallest absolute Gasteiger partial charge is 0.140 e. The lowest BCUT2D eigenvalue weighted by molar-refractivity contribution is 0.186. The third-order valence-electron chi connectivity index (χ3n) is 5.00. The molecule has 2 rings (SSSR count). The molecule has 1 fully saturated rings. The van der Waals surface area contributed by atoms with E-state index in [0.717, 1.165) is 36.4 Å². The molecule has 3 nitrogen and oxygen atoms in total. The molecule has 1 aromatic rings. The molecule has 0 aliphatic heterocycles. The van der Waals surface area contributed by atoms with Crippen LogP contribution in [0.25, 0.3) is 0 Å². The minimum absolute atomic E-state index is 0.515. The van der Waals surface area contributed by atoms with Crippen molar-refractivity contribution in [2.75, 3.05) is 20.2 Å². The van der Waals surface area contributed by atoms with Gasteiger partial charge >= 0.3 is 0 Å². The molecule has 0 saturated heterocycles. The van der Waals surface area contributed by atoms with Crippen LogP contribution in [-0.2, 0) is 0 Å². The molecule has 1 heterocycles. The molecule has 1 saturated carbocycles. The second kappa shape index (κ2) is 7.79. The van der Waals surface area contributed by atoms with Crippen LogP contribution in [-0.4, -0.2) is 25.2 Å². The molecule has 0 bridgehead atoms. The van der Waals surface area contributed by atoms with E-state index >= 15 is 0 Å². The highest BCUT2D eigenvalue weighted by Crippen LogP contribution is 2.44. The van der Waals surface area contributed by atoms with Crippen LogP contribution in [0, 0.1) is 17.8 Å². The average Bonchev–Trinajstić information content (AvgIpc) is 2.52. The van der Waals surface area contributed by atoms with E-state index in [1.54, 1.807) is 7.11 Å². The Bertz CT molecular complexity index is 433. The summed E-state index contributed by atoms with van der Waals surface area (Å²) in [5.41, 5.74) is 1.16. The van der Waals surface area contributed by atoms with E-state index in [4.69, 9.17) is 4.74 Å². The standard InChI is InChI=1S/C18H30N2O/c1-5-19-12-15-9-8-14(13(2)3)11-16(15)18-17(21-4)7-6-10-20-18/h6-7,10,13-16,19H,5,8-9,11-12H2,1-4H3. The number of ether oxygens (including phenoxy) is 1. The van der Waals surface area contributed by atoms with Gasteiger partial charge in [-0.1, -0.05) is 20.8 Å². The molecule has 0 radical (unpaired) electrons. The summed E-state index contributed by atoms with van der Waals surface area (Å²) in [6.45, 7) is 9.00. The van der Waals surface area contributed by atoms with Crippen molar-refractivity contribution >= 4 is 0 Å². The number of hydrogen-bond acceptors (Lipinski definition) is 3. The van der Waals surface area contributed by atoms with Gasteiger partial charge in [0.2, 0.25) is 0 Å². The molecular formula is C18H30N2O. The van der Waals surface area contributed by atoms with Crippen molar-refractivity contribution in [1.29, 1.82) is 0 Å². The first-order chi connectivity index (χ1) is 10.2. The maximum absolute atomic E-state index is 5.56. The highest BCUT2D eigenvalue weighted by Gasteiger charge is 2.34. The Morgan fingerprint density at radius 2 is 2.19 bits per heavy atom. The van der Waals surface area contributed by atoms with Crippen molar-refractivity contribution < 1.29 is 4.74 Å². The van der Waals surface area contributed by atoms with Gasteiger partial charge in [0.1, 0.15) is 5.75 Å². The maximum Gasteiger partial charge on any atom is 0.140 e. The van der Waals surface area contributed by atoms with Crippen LogP contribution >= 0.6 is 0 Å². The number of methoxy groups -OCH3 is 1. The normalized spacial score (nSPS) is 26.0. The molecule has 3 atom stereocenters. The van der Waals surface area contributed by atoms with Crippen LogP contribution in [0.3, 0.4) is 0 Å². The lowest BCUT2D eigenvalue weighted by atomic mass is 9.69. The molecule has 1 N–H and O–H groups in total. The summed E-state index contributed by atoms with van der Waals surface area (Å²) in [7, 11) is 1.75. The van der Waals surface area contributed by atoms with E-state index in [1.807, 2.05) is 18.3 Å². The molecule has 21 heavy (non-hydrogen) atoms. The second-order valence-electron chi connectivity index (χ2n) is 6.58. The second-order valence-corrected chi connectivity index (χ2v) is 6.58. The van der Waals surface area contributed by atoms with Gasteiger partial charge in [-0.3, -0.25) is 4.98 Å². The zero-order chi connectivity index (χ0) is 15.2. The van der Waals surface area contributed by atoms with E-state index in [2.05, 4.69) is 31.1 Å². The van der Waals surface area contributed by atoms with Crippen molar-refractivity contribution in [2.45, 2.75) is 46.0 Å². The maximum atomic E-state index is 5.56. The first-order valence-electron chi connectivity index (χ1n) is 8.37. The van der Waals surface area contributed by atoms with Crippen LogP contribution < -0.4 is 10.1 Å². The Morgan fingerprint density at radius 1 is 1.38 bits per heavy atom. The topological polar surface area (TPSA) is 34.2 Å². The Kier molecular flexibility index (Phi) is 6.04. The van der Waals surface area contributed by atoms with Gasteiger partial charge in [0.15, 0.2) is 0 Å². The van der Waals surface area contributed by atoms with Crippen molar-refractivity contribution in [2.24, 2.45) is 17.8 Å². The summed E-state index contributed by atoms with van der Waals surface area (Å²) in [6.07, 6.45) is 5.78. The lowest BCUT2D eigenvalue weighted by Crippen LogP contribution is -2.33. The fraction of sp³-hybridized carbons (Fsp3) is 0.722. The van der Waals surface area contributed by atoms with Crippen molar-refractivity contribution in [3.8, 4) is 5.75 Å². The van der Waals surface area contributed by atoms with Gasteiger partial charge in [-0.2, -0.15) is 0 Å². The van der Waals surface area contributed by atoms with E-state index in [-0.39, 0.29) is 0 Å². The molecule has 0 amide bonds. The third-order valence-corrected chi connectivity index (χ3v) is 5.00. The molecule has 1 aliphatic carbocycles. The first kappa shape index (κ1) is 16.3. The Labute approximate surface area is 129 Å². The van der Waals surface area contributed by atoms with Gasteiger partial charge < -0.3 is 10.1 Å². The van der Waals surface area contributed by atoms with E-state index in [9.17, 15) is 0 Å². The average molecular weight is 290 g/mol. The summed E-state index contributed by atoms with van der Waals surface area (Å²) in [6, 6.07) is 4.01. The first-order valence-corrected chi connectivity index (χ1v) is 8.37. The van der Waals surface area contributed by atoms with Crippen molar-refractivity contribution in [3.63, 3.8) is 0 Å². The van der Waals surface area contributed by atoms with Gasteiger partial charge in [0, 0.05) is 12.1 Å². The number of rotatable bonds is 6. The molecule has 118 valence electrons. The fourth-order valence-electron chi connectivity index (χ4n) is 3.63. The fourth-order valence-corrected chi connectivity index (χ4v) is 3.63. The number of hydrogen-bond donors (Lipinski definition) is 1. The SMILES string of the molecule is CCNCC1CCC(C(C)C)CC1c1ncccc1OC. The van der Waals surface area contributed by atoms with Gasteiger partial charge in [0.25, 0.3) is 0 Å². The molecule has 0 aromatic carbocycles. The molecule has 3 unspecified atom stereocenters. The summed E-state index contributed by atoms with van der Waals surface area (Å²) in [4.78, 5) is 4.67. The predicted octanol–water partition coefficient (Wildman–Crippen LogP) is 3.86. The summed E-state index contributed by atoms with van der Waals surface area (Å²) >= 11 is 0. The number of nitrogens with one attached hydrogen (secondary N) is 1. The molecule has 3 heteroatoms. The van der Waals surface area contributed by atoms with Gasteiger partial charge in [-0.25, -0.2) is 0 Å². The largest absolute Gasteiger partial charge is 0.495 e. The molecule has 0 spiro atoms. The number of pyridine rings is 1.